The highest BCUT2D eigenvalue weighted by Gasteiger charge is 2.27. The Kier molecular flexibility index (Phi) is 7.05. The molecule has 0 radical (unpaired) electrons. The number of carbonyl (C=O) groups is 2. The van der Waals surface area contributed by atoms with Crippen LogP contribution < -0.4 is 4.90 Å². The Balaban J connectivity index is 1.75. The first-order valence-corrected chi connectivity index (χ1v) is 10.7. The van der Waals surface area contributed by atoms with E-state index in [1.54, 1.807) is 18.2 Å². The van der Waals surface area contributed by atoms with Gasteiger partial charge in [0.15, 0.2) is 6.10 Å². The molecule has 0 spiro atoms. The molecule has 0 unspecified atom stereocenters. The van der Waals surface area contributed by atoms with Crippen LogP contribution in [0.2, 0.25) is 0 Å². The highest BCUT2D eigenvalue weighted by molar-refractivity contribution is 6.01. The largest absolute Gasteiger partial charge is 0.451 e. The predicted molar refractivity (Wildman–Crippen MR) is 119 cm³/mol. The van der Waals surface area contributed by atoms with Gasteiger partial charge in [-0.25, -0.2) is 4.79 Å². The quantitative estimate of drug-likeness (QED) is 0.274. The van der Waals surface area contributed by atoms with E-state index >= 15 is 0 Å². The van der Waals surface area contributed by atoms with E-state index in [2.05, 4.69) is 6.92 Å². The normalized spacial score (nSPS) is 17.1. The molecule has 0 bridgehead atoms. The number of hydrogen-bond acceptors (Lipinski definition) is 6. The molecule has 164 valence electrons. The molecule has 1 heterocycles. The molecule has 0 aromatic heterocycles. The van der Waals surface area contributed by atoms with E-state index in [-0.39, 0.29) is 17.0 Å². The number of Topliss-reactive ketones (excluding diaryl/α,β-unsaturated/α-hetero) is 1. The van der Waals surface area contributed by atoms with Crippen LogP contribution in [0, 0.1) is 16.0 Å². The molecule has 1 aliphatic rings. The lowest BCUT2D eigenvalue weighted by molar-refractivity contribution is -0.384. The first-order valence-electron chi connectivity index (χ1n) is 10.7. The summed E-state index contributed by atoms with van der Waals surface area (Å²) in [6.45, 7) is 7.14. The van der Waals surface area contributed by atoms with Crippen molar-refractivity contribution in [2.45, 2.75) is 46.1 Å². The predicted octanol–water partition coefficient (Wildman–Crippen LogP) is 4.82. The van der Waals surface area contributed by atoms with E-state index in [0.717, 1.165) is 37.9 Å². The molecule has 2 aromatic rings. The third-order valence-corrected chi connectivity index (χ3v) is 5.71. The topological polar surface area (TPSA) is 89.8 Å². The van der Waals surface area contributed by atoms with Gasteiger partial charge in [0.25, 0.3) is 5.69 Å². The maximum absolute atomic E-state index is 12.6. The van der Waals surface area contributed by atoms with Crippen LogP contribution in [0.3, 0.4) is 0 Å². The second kappa shape index (κ2) is 9.73. The van der Waals surface area contributed by atoms with Crippen molar-refractivity contribution in [3.63, 3.8) is 0 Å². The molecule has 7 nitrogen and oxygen atoms in total. The summed E-state index contributed by atoms with van der Waals surface area (Å²) >= 11 is 0. The van der Waals surface area contributed by atoms with E-state index in [0.29, 0.717) is 17.2 Å². The Morgan fingerprint density at radius 2 is 1.87 bits per heavy atom. The molecule has 1 saturated heterocycles. The number of nitro benzene ring substituents is 1. The van der Waals surface area contributed by atoms with Gasteiger partial charge in [-0.1, -0.05) is 38.1 Å². The molecule has 0 saturated carbocycles. The highest BCUT2D eigenvalue weighted by Crippen LogP contribution is 2.32. The van der Waals surface area contributed by atoms with Gasteiger partial charge in [0.1, 0.15) is 5.69 Å². The molecule has 0 aliphatic carbocycles. The molecule has 2 atom stereocenters. The average molecular weight is 424 g/mol. The van der Waals surface area contributed by atoms with E-state index < -0.39 is 17.0 Å². The van der Waals surface area contributed by atoms with Crippen molar-refractivity contribution in [1.29, 1.82) is 0 Å². The van der Waals surface area contributed by atoms with Crippen LogP contribution in [0.15, 0.2) is 42.5 Å². The van der Waals surface area contributed by atoms with Crippen molar-refractivity contribution < 1.29 is 19.2 Å². The molecule has 2 aromatic carbocycles. The third-order valence-electron chi connectivity index (χ3n) is 5.71. The van der Waals surface area contributed by atoms with Crippen molar-refractivity contribution in [3.05, 3.63) is 69.3 Å². The van der Waals surface area contributed by atoms with E-state index in [4.69, 9.17) is 4.74 Å². The van der Waals surface area contributed by atoms with E-state index in [1.807, 2.05) is 24.0 Å². The Labute approximate surface area is 182 Å². The number of anilines is 1. The average Bonchev–Trinajstić information content (AvgIpc) is 2.78. The van der Waals surface area contributed by atoms with E-state index in [1.165, 1.54) is 19.1 Å². The SMILES string of the molecule is CCc1ccc(C(=O)[C@H](C)OC(=O)c2ccc(N3CCC[C@H](C)C3)c([N+](=O)[O-])c2)cc1. The van der Waals surface area contributed by atoms with Crippen molar-refractivity contribution in [1.82, 2.24) is 0 Å². The summed E-state index contributed by atoms with van der Waals surface area (Å²) in [5.41, 5.74) is 2.00. The summed E-state index contributed by atoms with van der Waals surface area (Å²) in [5.74, 6) is -0.617. The van der Waals surface area contributed by atoms with Crippen LogP contribution in [0.4, 0.5) is 11.4 Å². The van der Waals surface area contributed by atoms with Gasteiger partial charge in [0, 0.05) is 24.7 Å². The zero-order chi connectivity index (χ0) is 22.5. The number of rotatable bonds is 7. The van der Waals surface area contributed by atoms with E-state index in [9.17, 15) is 19.7 Å². The number of aryl methyl sites for hydroxylation is 1. The third kappa shape index (κ3) is 5.29. The Morgan fingerprint density at radius 3 is 2.48 bits per heavy atom. The minimum atomic E-state index is -0.998. The number of carbonyl (C=O) groups excluding carboxylic acids is 2. The van der Waals surface area contributed by atoms with Crippen molar-refractivity contribution in [2.75, 3.05) is 18.0 Å². The summed E-state index contributed by atoms with van der Waals surface area (Å²) in [6.07, 6.45) is 1.94. The summed E-state index contributed by atoms with van der Waals surface area (Å²) in [6, 6.07) is 11.5. The van der Waals surface area contributed by atoms with Crippen molar-refractivity contribution in [2.24, 2.45) is 5.92 Å². The lowest BCUT2D eigenvalue weighted by Crippen LogP contribution is -2.34. The van der Waals surface area contributed by atoms with Gasteiger partial charge in [0.05, 0.1) is 10.5 Å². The Bertz CT molecular complexity index is 970. The number of nitro groups is 1. The number of esters is 1. The fourth-order valence-corrected chi connectivity index (χ4v) is 3.89. The van der Waals surface area contributed by atoms with Crippen LogP contribution in [-0.2, 0) is 11.2 Å². The Morgan fingerprint density at radius 1 is 1.19 bits per heavy atom. The van der Waals surface area contributed by atoms with Crippen LogP contribution in [0.1, 0.15) is 59.9 Å². The van der Waals surface area contributed by atoms with Gasteiger partial charge >= 0.3 is 5.97 Å². The summed E-state index contributed by atoms with van der Waals surface area (Å²) in [4.78, 5) is 38.4. The van der Waals surface area contributed by atoms with Gasteiger partial charge in [-0.15, -0.1) is 0 Å². The minimum Gasteiger partial charge on any atom is -0.451 e. The zero-order valence-electron chi connectivity index (χ0n) is 18.2. The first-order chi connectivity index (χ1) is 14.8. The second-order valence-electron chi connectivity index (χ2n) is 8.12. The lowest BCUT2D eigenvalue weighted by atomic mass is 9.99. The lowest BCUT2D eigenvalue weighted by Gasteiger charge is -2.32. The number of ketones is 1. The molecule has 0 N–H and O–H groups in total. The van der Waals surface area contributed by atoms with Crippen LogP contribution >= 0.6 is 0 Å². The molecule has 0 amide bonds. The highest BCUT2D eigenvalue weighted by atomic mass is 16.6. The van der Waals surface area contributed by atoms with Gasteiger partial charge < -0.3 is 9.64 Å². The fourth-order valence-electron chi connectivity index (χ4n) is 3.89. The van der Waals surface area contributed by atoms with Crippen molar-refractivity contribution in [3.8, 4) is 0 Å². The summed E-state index contributed by atoms with van der Waals surface area (Å²) < 4.78 is 5.32. The van der Waals surface area contributed by atoms with Gasteiger partial charge in [-0.3, -0.25) is 14.9 Å². The number of nitrogens with zero attached hydrogens (tertiary/aromatic N) is 2. The van der Waals surface area contributed by atoms with Crippen molar-refractivity contribution >= 4 is 23.1 Å². The minimum absolute atomic E-state index is 0.0569. The zero-order valence-corrected chi connectivity index (χ0v) is 18.2. The number of ether oxygens (including phenoxy) is 1. The maximum atomic E-state index is 12.6. The standard InChI is InChI=1S/C24H28N2O5/c1-4-18-7-9-19(10-8-18)23(27)17(3)31-24(28)20-11-12-21(22(14-20)26(29)30)25-13-5-6-16(2)15-25/h7-12,14,16-17H,4-6,13,15H2,1-3H3/t16-,17-/m0/s1. The molecule has 1 fully saturated rings. The number of benzene rings is 2. The number of hydrogen-bond donors (Lipinski definition) is 0. The maximum Gasteiger partial charge on any atom is 0.339 e. The van der Waals surface area contributed by atoms with Gasteiger partial charge in [-0.2, -0.15) is 0 Å². The molecular formula is C24H28N2O5. The molecule has 3 rings (SSSR count). The molecule has 1 aliphatic heterocycles. The summed E-state index contributed by atoms with van der Waals surface area (Å²) in [5, 5.41) is 11.7. The smallest absolute Gasteiger partial charge is 0.339 e. The first kappa shape index (κ1) is 22.5. The number of piperidine rings is 1. The van der Waals surface area contributed by atoms with Crippen LogP contribution in [0.5, 0.6) is 0 Å². The van der Waals surface area contributed by atoms with Gasteiger partial charge in [-0.05, 0) is 49.8 Å². The molecular weight excluding hydrogens is 396 g/mol. The summed E-state index contributed by atoms with van der Waals surface area (Å²) in [7, 11) is 0. The van der Waals surface area contributed by atoms with Gasteiger partial charge in [0.2, 0.25) is 5.78 Å². The molecule has 31 heavy (non-hydrogen) atoms. The Hall–Kier alpha value is -3.22. The van der Waals surface area contributed by atoms with Crippen LogP contribution in [0.25, 0.3) is 0 Å². The molecule has 7 heteroatoms. The fraction of sp³-hybridized carbons (Fsp3) is 0.417. The van der Waals surface area contributed by atoms with Crippen LogP contribution in [-0.4, -0.2) is 35.9 Å². The second-order valence-corrected chi connectivity index (χ2v) is 8.12. The monoisotopic (exact) mass is 424 g/mol.